The molecular formula is C22H23N5O2S. The molecule has 1 aromatic heterocycles. The van der Waals surface area contributed by atoms with Crippen molar-refractivity contribution in [3.63, 3.8) is 0 Å². The van der Waals surface area contributed by atoms with E-state index in [1.54, 1.807) is 0 Å². The molecule has 3 aromatic rings. The number of para-hydroxylation sites is 1. The first kappa shape index (κ1) is 20.2. The average Bonchev–Trinajstić information content (AvgIpc) is 3.53. The molecule has 7 nitrogen and oxygen atoms in total. The van der Waals surface area contributed by atoms with Gasteiger partial charge < -0.3 is 10.6 Å². The number of amides is 3. The summed E-state index contributed by atoms with van der Waals surface area (Å²) in [6.07, 6.45) is 2.28. The van der Waals surface area contributed by atoms with E-state index >= 15 is 0 Å². The van der Waals surface area contributed by atoms with Crippen molar-refractivity contribution in [2.75, 3.05) is 16.4 Å². The molecule has 0 saturated heterocycles. The van der Waals surface area contributed by atoms with Crippen LogP contribution in [0.1, 0.15) is 24.0 Å². The van der Waals surface area contributed by atoms with Crippen LogP contribution in [0.15, 0.2) is 47.6 Å². The summed E-state index contributed by atoms with van der Waals surface area (Å²) in [6, 6.07) is 13.4. The first-order valence-corrected chi connectivity index (χ1v) is 10.8. The smallest absolute Gasteiger partial charge is 0.325 e. The van der Waals surface area contributed by atoms with Crippen LogP contribution in [0.3, 0.4) is 0 Å². The molecule has 1 heterocycles. The van der Waals surface area contributed by atoms with Crippen LogP contribution in [0.5, 0.6) is 0 Å². The van der Waals surface area contributed by atoms with E-state index in [1.165, 1.54) is 11.8 Å². The largest absolute Gasteiger partial charge is 0.367 e. The van der Waals surface area contributed by atoms with E-state index in [-0.39, 0.29) is 5.75 Å². The number of carbonyl (C=O) groups is 2. The van der Waals surface area contributed by atoms with Crippen LogP contribution in [0.25, 0.3) is 10.9 Å². The Morgan fingerprint density at radius 2 is 1.90 bits per heavy atom. The van der Waals surface area contributed by atoms with Gasteiger partial charge in [-0.3, -0.25) is 10.1 Å². The monoisotopic (exact) mass is 421 g/mol. The number of aryl methyl sites for hydroxylation is 2. The lowest BCUT2D eigenvalue weighted by atomic mass is 10.1. The number of anilines is 2. The van der Waals surface area contributed by atoms with Gasteiger partial charge in [-0.05, 0) is 50.5 Å². The molecule has 4 rings (SSSR count). The van der Waals surface area contributed by atoms with Gasteiger partial charge in [-0.15, -0.1) is 0 Å². The van der Waals surface area contributed by atoms with Crippen LogP contribution >= 0.6 is 11.8 Å². The van der Waals surface area contributed by atoms with Crippen molar-refractivity contribution in [3.05, 3.63) is 53.6 Å². The van der Waals surface area contributed by atoms with Crippen molar-refractivity contribution in [3.8, 4) is 0 Å². The van der Waals surface area contributed by atoms with Gasteiger partial charge in [0.25, 0.3) is 0 Å². The molecule has 0 unspecified atom stereocenters. The number of thioether (sulfide) groups is 1. The Hall–Kier alpha value is -3.13. The predicted octanol–water partition coefficient (Wildman–Crippen LogP) is 4.26. The molecule has 8 heteroatoms. The Balaban J connectivity index is 1.37. The van der Waals surface area contributed by atoms with Gasteiger partial charge in [0.15, 0.2) is 5.16 Å². The van der Waals surface area contributed by atoms with E-state index in [1.807, 2.05) is 56.3 Å². The number of urea groups is 1. The number of hydrogen-bond donors (Lipinski definition) is 3. The number of nitrogens with zero attached hydrogens (tertiary/aromatic N) is 2. The van der Waals surface area contributed by atoms with Crippen molar-refractivity contribution >= 4 is 46.1 Å². The topological polar surface area (TPSA) is 96.0 Å². The van der Waals surface area contributed by atoms with Gasteiger partial charge in [0.2, 0.25) is 5.91 Å². The summed E-state index contributed by atoms with van der Waals surface area (Å²) in [5.74, 6) is 0.427. The minimum absolute atomic E-state index is 0.0432. The van der Waals surface area contributed by atoms with Gasteiger partial charge in [-0.25, -0.2) is 14.8 Å². The maximum atomic E-state index is 12.2. The van der Waals surface area contributed by atoms with Crippen LogP contribution in [0, 0.1) is 13.8 Å². The third-order valence-electron chi connectivity index (χ3n) is 4.72. The number of fused-ring (bicyclic) bond motifs is 1. The zero-order valence-corrected chi connectivity index (χ0v) is 17.7. The lowest BCUT2D eigenvalue weighted by Crippen LogP contribution is -2.35. The fourth-order valence-corrected chi connectivity index (χ4v) is 3.70. The van der Waals surface area contributed by atoms with Crippen molar-refractivity contribution in [2.24, 2.45) is 0 Å². The number of nitrogens with one attached hydrogen (secondary N) is 3. The fraction of sp³-hybridized carbons (Fsp3) is 0.273. The minimum atomic E-state index is -0.553. The number of benzene rings is 2. The Kier molecular flexibility index (Phi) is 5.85. The number of hydrogen-bond acceptors (Lipinski definition) is 6. The normalized spacial score (nSPS) is 13.1. The van der Waals surface area contributed by atoms with Crippen LogP contribution < -0.4 is 16.0 Å². The van der Waals surface area contributed by atoms with E-state index in [2.05, 4.69) is 25.9 Å². The average molecular weight is 422 g/mol. The highest BCUT2D eigenvalue weighted by molar-refractivity contribution is 7.99. The summed E-state index contributed by atoms with van der Waals surface area (Å²) >= 11 is 1.20. The Morgan fingerprint density at radius 3 is 2.67 bits per heavy atom. The van der Waals surface area contributed by atoms with Gasteiger partial charge >= 0.3 is 6.03 Å². The molecule has 3 N–H and O–H groups in total. The summed E-state index contributed by atoms with van der Waals surface area (Å²) in [5, 5.41) is 9.95. The van der Waals surface area contributed by atoms with Crippen LogP contribution in [0.2, 0.25) is 0 Å². The summed E-state index contributed by atoms with van der Waals surface area (Å²) in [5.41, 5.74) is 3.54. The molecular weight excluding hydrogens is 398 g/mol. The predicted molar refractivity (Wildman–Crippen MR) is 120 cm³/mol. The minimum Gasteiger partial charge on any atom is -0.367 e. The lowest BCUT2D eigenvalue weighted by molar-refractivity contribution is -0.117. The van der Waals surface area contributed by atoms with Crippen LogP contribution in [-0.2, 0) is 4.79 Å². The third kappa shape index (κ3) is 5.07. The quantitative estimate of drug-likeness (QED) is 0.407. The van der Waals surface area contributed by atoms with Gasteiger partial charge in [-0.1, -0.05) is 41.6 Å². The van der Waals surface area contributed by atoms with Crippen molar-refractivity contribution in [1.82, 2.24) is 15.3 Å². The van der Waals surface area contributed by atoms with E-state index in [4.69, 9.17) is 0 Å². The standard InChI is InChI=1S/C22H23N5O2S/c1-13-7-10-17(14(2)11-13)24-21(29)26-19(28)12-30-22-25-18-6-4-3-5-16(18)20(27-22)23-15-8-9-15/h3-7,10-11,15H,8-9,12H2,1-2H3,(H,23,25,27)(H2,24,26,28,29). The summed E-state index contributed by atoms with van der Waals surface area (Å²) in [4.78, 5) is 33.5. The first-order chi connectivity index (χ1) is 14.5. The molecule has 154 valence electrons. The second-order valence-electron chi connectivity index (χ2n) is 7.40. The van der Waals surface area contributed by atoms with Crippen molar-refractivity contribution in [2.45, 2.75) is 37.9 Å². The number of aromatic nitrogens is 2. The van der Waals surface area contributed by atoms with Crippen LogP contribution in [0.4, 0.5) is 16.3 Å². The molecule has 1 saturated carbocycles. The van der Waals surface area contributed by atoms with E-state index in [9.17, 15) is 9.59 Å². The summed E-state index contributed by atoms with van der Waals surface area (Å²) in [7, 11) is 0. The van der Waals surface area contributed by atoms with Gasteiger partial charge in [0.05, 0.1) is 11.3 Å². The molecule has 30 heavy (non-hydrogen) atoms. The summed E-state index contributed by atoms with van der Waals surface area (Å²) in [6.45, 7) is 3.89. The molecule has 1 aliphatic rings. The molecule has 1 aliphatic carbocycles. The maximum absolute atomic E-state index is 12.2. The fourth-order valence-electron chi connectivity index (χ4n) is 3.05. The molecule has 0 atom stereocenters. The van der Waals surface area contributed by atoms with Gasteiger partial charge in [0.1, 0.15) is 5.82 Å². The molecule has 2 aromatic carbocycles. The second kappa shape index (κ2) is 8.71. The highest BCUT2D eigenvalue weighted by Crippen LogP contribution is 2.29. The number of carbonyl (C=O) groups excluding carboxylic acids is 2. The first-order valence-electron chi connectivity index (χ1n) is 9.82. The van der Waals surface area contributed by atoms with Crippen molar-refractivity contribution < 1.29 is 9.59 Å². The molecule has 0 aliphatic heterocycles. The molecule has 0 radical (unpaired) electrons. The SMILES string of the molecule is Cc1ccc(NC(=O)NC(=O)CSc2nc(NC3CC3)c3ccccc3n2)c(C)c1. The maximum Gasteiger partial charge on any atom is 0.325 e. The van der Waals surface area contributed by atoms with E-state index in [0.29, 0.717) is 16.9 Å². The zero-order valence-electron chi connectivity index (χ0n) is 16.9. The van der Waals surface area contributed by atoms with Gasteiger partial charge in [0, 0.05) is 17.1 Å². The number of rotatable bonds is 6. The highest BCUT2D eigenvalue weighted by Gasteiger charge is 2.23. The van der Waals surface area contributed by atoms with Crippen LogP contribution in [-0.4, -0.2) is 33.7 Å². The molecule has 1 fully saturated rings. The summed E-state index contributed by atoms with van der Waals surface area (Å²) < 4.78 is 0. The zero-order chi connectivity index (χ0) is 21.1. The second-order valence-corrected chi connectivity index (χ2v) is 8.34. The van der Waals surface area contributed by atoms with E-state index in [0.717, 1.165) is 40.7 Å². The van der Waals surface area contributed by atoms with Gasteiger partial charge in [-0.2, -0.15) is 0 Å². The highest BCUT2D eigenvalue weighted by atomic mass is 32.2. The third-order valence-corrected chi connectivity index (χ3v) is 5.56. The Labute approximate surface area is 179 Å². The number of imide groups is 1. The molecule has 3 amide bonds. The van der Waals surface area contributed by atoms with E-state index < -0.39 is 11.9 Å². The lowest BCUT2D eigenvalue weighted by Gasteiger charge is -2.11. The molecule has 0 bridgehead atoms. The Bertz CT molecular complexity index is 1110. The molecule has 0 spiro atoms. The Morgan fingerprint density at radius 1 is 1.10 bits per heavy atom. The van der Waals surface area contributed by atoms with Crippen molar-refractivity contribution in [1.29, 1.82) is 0 Å².